The maximum Gasteiger partial charge on any atom is 0.323 e. The summed E-state index contributed by atoms with van der Waals surface area (Å²) in [6.45, 7) is 4.76. The predicted octanol–water partition coefficient (Wildman–Crippen LogP) is 6.60. The van der Waals surface area contributed by atoms with Crippen LogP contribution in [0, 0.1) is 17.3 Å². The fourth-order valence-electron chi connectivity index (χ4n) is 5.14. The van der Waals surface area contributed by atoms with Gasteiger partial charge in [0.2, 0.25) is 0 Å². The summed E-state index contributed by atoms with van der Waals surface area (Å²) in [5.41, 5.74) is -1.10. The van der Waals surface area contributed by atoms with Gasteiger partial charge in [-0.1, -0.05) is 78.1 Å². The molecule has 0 aliphatic heterocycles. The van der Waals surface area contributed by atoms with Crippen LogP contribution in [0.15, 0.2) is 0 Å². The van der Waals surface area contributed by atoms with Gasteiger partial charge in [-0.25, -0.2) is 0 Å². The number of hydrogen-bond acceptors (Lipinski definition) is 4. The van der Waals surface area contributed by atoms with Gasteiger partial charge in [0, 0.05) is 0 Å². The van der Waals surface area contributed by atoms with E-state index in [4.69, 9.17) is 9.47 Å². The molecule has 0 spiro atoms. The summed E-state index contributed by atoms with van der Waals surface area (Å²) in [5.74, 6) is 0.616. The van der Waals surface area contributed by atoms with Crippen molar-refractivity contribution in [2.24, 2.45) is 17.3 Å². The molecule has 2 aliphatic carbocycles. The Balaban J connectivity index is 2.14. The van der Waals surface area contributed by atoms with Crippen molar-refractivity contribution in [3.8, 4) is 0 Å². The lowest BCUT2D eigenvalue weighted by Gasteiger charge is -2.33. The van der Waals surface area contributed by atoms with Crippen LogP contribution in [0.1, 0.15) is 117 Å². The number of esters is 2. The molecular weight excluding hydrogens is 364 g/mol. The number of carbonyl (C=O) groups is 2. The van der Waals surface area contributed by atoms with Crippen LogP contribution in [0.2, 0.25) is 0 Å². The third-order valence-corrected chi connectivity index (χ3v) is 7.06. The lowest BCUT2D eigenvalue weighted by molar-refractivity contribution is -0.174. The molecule has 2 fully saturated rings. The van der Waals surface area contributed by atoms with E-state index in [2.05, 4.69) is 0 Å². The molecular formula is C25H44O4. The Labute approximate surface area is 178 Å². The van der Waals surface area contributed by atoms with E-state index < -0.39 is 5.41 Å². The quantitative estimate of drug-likeness (QED) is 0.270. The minimum atomic E-state index is -1.10. The summed E-state index contributed by atoms with van der Waals surface area (Å²) in [6.07, 6.45) is 17.3. The second-order valence-electron chi connectivity index (χ2n) is 9.44. The van der Waals surface area contributed by atoms with Gasteiger partial charge in [0.1, 0.15) is 0 Å². The molecule has 0 saturated heterocycles. The molecule has 0 N–H and O–H groups in total. The van der Waals surface area contributed by atoms with Gasteiger partial charge in [-0.15, -0.1) is 0 Å². The fraction of sp³-hybridized carbons (Fsp3) is 0.920. The Morgan fingerprint density at radius 2 is 1.07 bits per heavy atom. The number of rotatable bonds is 12. The van der Waals surface area contributed by atoms with E-state index in [0.717, 1.165) is 25.7 Å². The summed E-state index contributed by atoms with van der Waals surface area (Å²) in [4.78, 5) is 26.5. The third-order valence-electron chi connectivity index (χ3n) is 7.06. The Morgan fingerprint density at radius 3 is 1.41 bits per heavy atom. The summed E-state index contributed by atoms with van der Waals surface area (Å²) >= 11 is 0. The Bertz CT molecular complexity index is 431. The van der Waals surface area contributed by atoms with Gasteiger partial charge in [0.25, 0.3) is 0 Å². The van der Waals surface area contributed by atoms with Crippen molar-refractivity contribution in [2.45, 2.75) is 117 Å². The Hall–Kier alpha value is -1.06. The lowest BCUT2D eigenvalue weighted by Crippen LogP contribution is -2.43. The topological polar surface area (TPSA) is 52.6 Å². The van der Waals surface area contributed by atoms with Crippen LogP contribution in [0.5, 0.6) is 0 Å². The minimum absolute atomic E-state index is 0.327. The van der Waals surface area contributed by atoms with Crippen molar-refractivity contribution in [1.29, 1.82) is 0 Å². The van der Waals surface area contributed by atoms with Crippen LogP contribution in [0.3, 0.4) is 0 Å². The molecule has 0 aromatic carbocycles. The van der Waals surface area contributed by atoms with E-state index in [1.807, 2.05) is 13.8 Å². The van der Waals surface area contributed by atoms with E-state index in [1.54, 1.807) is 0 Å². The molecule has 0 amide bonds. The van der Waals surface area contributed by atoms with Gasteiger partial charge in [-0.05, 0) is 50.4 Å². The normalized spacial score (nSPS) is 19.1. The number of hydrogen-bond donors (Lipinski definition) is 0. The highest BCUT2D eigenvalue weighted by Crippen LogP contribution is 2.40. The zero-order chi connectivity index (χ0) is 21.0. The Kier molecular flexibility index (Phi) is 11.1. The monoisotopic (exact) mass is 408 g/mol. The highest BCUT2D eigenvalue weighted by atomic mass is 16.6. The van der Waals surface area contributed by atoms with E-state index in [9.17, 15) is 9.59 Å². The van der Waals surface area contributed by atoms with Gasteiger partial charge >= 0.3 is 11.9 Å². The molecule has 29 heavy (non-hydrogen) atoms. The zero-order valence-corrected chi connectivity index (χ0v) is 19.0. The average Bonchev–Trinajstić information content (AvgIpc) is 2.77. The molecule has 2 aliphatic rings. The maximum atomic E-state index is 13.3. The second-order valence-corrected chi connectivity index (χ2v) is 9.44. The molecule has 2 saturated carbocycles. The smallest absolute Gasteiger partial charge is 0.323 e. The molecule has 168 valence electrons. The van der Waals surface area contributed by atoms with Crippen LogP contribution in [-0.4, -0.2) is 25.2 Å². The minimum Gasteiger partial charge on any atom is -0.465 e. The summed E-state index contributed by atoms with van der Waals surface area (Å²) in [7, 11) is 0. The van der Waals surface area contributed by atoms with Crippen molar-refractivity contribution >= 4 is 11.9 Å². The highest BCUT2D eigenvalue weighted by molar-refractivity contribution is 6.00. The Morgan fingerprint density at radius 1 is 0.690 bits per heavy atom. The predicted molar refractivity (Wildman–Crippen MR) is 117 cm³/mol. The van der Waals surface area contributed by atoms with Crippen molar-refractivity contribution in [3.63, 3.8) is 0 Å². The summed E-state index contributed by atoms with van der Waals surface area (Å²) < 4.78 is 11.2. The van der Waals surface area contributed by atoms with Crippen LogP contribution in [-0.2, 0) is 19.1 Å². The average molecular weight is 409 g/mol. The maximum absolute atomic E-state index is 13.3. The first-order valence-electron chi connectivity index (χ1n) is 12.5. The zero-order valence-electron chi connectivity index (χ0n) is 19.0. The molecule has 2 rings (SSSR count). The van der Waals surface area contributed by atoms with Crippen molar-refractivity contribution in [2.75, 3.05) is 13.2 Å². The third kappa shape index (κ3) is 7.61. The van der Waals surface area contributed by atoms with Gasteiger partial charge in [0.05, 0.1) is 13.2 Å². The molecule has 4 nitrogen and oxygen atoms in total. The van der Waals surface area contributed by atoms with Crippen molar-refractivity contribution < 1.29 is 19.1 Å². The van der Waals surface area contributed by atoms with Crippen LogP contribution in [0.4, 0.5) is 0 Å². The van der Waals surface area contributed by atoms with Crippen LogP contribution < -0.4 is 0 Å². The molecule has 0 aromatic heterocycles. The summed E-state index contributed by atoms with van der Waals surface area (Å²) in [6, 6.07) is 0. The van der Waals surface area contributed by atoms with Crippen molar-refractivity contribution in [1.82, 2.24) is 0 Å². The van der Waals surface area contributed by atoms with Crippen molar-refractivity contribution in [3.05, 3.63) is 0 Å². The first kappa shape index (κ1) is 24.2. The molecule has 0 bridgehead atoms. The number of ether oxygens (including phenoxy) is 2. The molecule has 0 atom stereocenters. The highest BCUT2D eigenvalue weighted by Gasteiger charge is 2.48. The lowest BCUT2D eigenvalue weighted by atomic mass is 9.72. The van der Waals surface area contributed by atoms with E-state index >= 15 is 0 Å². The van der Waals surface area contributed by atoms with Crippen LogP contribution >= 0.6 is 0 Å². The molecule has 0 unspecified atom stereocenters. The van der Waals surface area contributed by atoms with Crippen LogP contribution in [0.25, 0.3) is 0 Å². The summed E-state index contributed by atoms with van der Waals surface area (Å²) in [5, 5.41) is 0. The second kappa shape index (κ2) is 13.3. The molecule has 0 heterocycles. The number of carbonyl (C=O) groups excluding carboxylic acids is 2. The van der Waals surface area contributed by atoms with E-state index in [0.29, 0.717) is 37.9 Å². The van der Waals surface area contributed by atoms with Gasteiger partial charge in [-0.3, -0.25) is 9.59 Å². The molecule has 4 heteroatoms. The standard InChI is InChI=1S/C25H44O4/c1-3-19-28-23(26)25(24(27)29-20-4-2,17-15-21-11-7-5-8-12-21)18-16-22-13-9-6-10-14-22/h21-22H,3-20H2,1-2H3. The first-order chi connectivity index (χ1) is 14.1. The SMILES string of the molecule is CCCOC(=O)C(CCC1CCCCC1)(CCC1CCCCC1)C(=O)OCCC. The largest absolute Gasteiger partial charge is 0.465 e. The van der Waals surface area contributed by atoms with E-state index in [-0.39, 0.29) is 11.9 Å². The van der Waals surface area contributed by atoms with E-state index in [1.165, 1.54) is 64.2 Å². The molecule has 0 radical (unpaired) electrons. The van der Waals surface area contributed by atoms with Gasteiger partial charge < -0.3 is 9.47 Å². The fourth-order valence-corrected chi connectivity index (χ4v) is 5.14. The van der Waals surface area contributed by atoms with Gasteiger partial charge in [-0.2, -0.15) is 0 Å². The molecule has 0 aromatic rings. The van der Waals surface area contributed by atoms with Gasteiger partial charge in [0.15, 0.2) is 5.41 Å². The first-order valence-corrected chi connectivity index (χ1v) is 12.5.